The quantitative estimate of drug-likeness (QED) is 0.891. The van der Waals surface area contributed by atoms with Crippen LogP contribution in [0.2, 0.25) is 0 Å². The van der Waals surface area contributed by atoms with Crippen molar-refractivity contribution < 1.29 is 19.0 Å². The number of hydrogen-bond acceptors (Lipinski definition) is 4. The molecule has 5 nitrogen and oxygen atoms in total. The lowest BCUT2D eigenvalue weighted by Crippen LogP contribution is -2.24. The zero-order valence-corrected chi connectivity index (χ0v) is 13.0. The third kappa shape index (κ3) is 4.16. The smallest absolute Gasteiger partial charge is 0.231 e. The summed E-state index contributed by atoms with van der Waals surface area (Å²) in [4.78, 5) is 11.9. The maximum Gasteiger partial charge on any atom is 0.231 e. The second-order valence-electron chi connectivity index (χ2n) is 5.38. The van der Waals surface area contributed by atoms with Crippen molar-refractivity contribution >= 4 is 5.91 Å². The van der Waals surface area contributed by atoms with E-state index in [2.05, 4.69) is 5.32 Å². The van der Waals surface area contributed by atoms with Gasteiger partial charge >= 0.3 is 0 Å². The zero-order valence-electron chi connectivity index (χ0n) is 13.0. The lowest BCUT2D eigenvalue weighted by atomic mass is 10.2. The van der Waals surface area contributed by atoms with Crippen molar-refractivity contribution in [2.45, 2.75) is 19.9 Å². The fourth-order valence-electron chi connectivity index (χ4n) is 2.31. The Morgan fingerprint density at radius 1 is 1.17 bits per heavy atom. The molecule has 0 saturated heterocycles. The second-order valence-corrected chi connectivity index (χ2v) is 5.38. The first kappa shape index (κ1) is 15.2. The molecule has 1 aliphatic heterocycles. The third-order valence-corrected chi connectivity index (χ3v) is 3.51. The van der Waals surface area contributed by atoms with Gasteiger partial charge in [0.05, 0.1) is 13.0 Å². The predicted molar refractivity (Wildman–Crippen MR) is 85.7 cm³/mol. The molecule has 1 heterocycles. The van der Waals surface area contributed by atoms with Gasteiger partial charge in [-0.1, -0.05) is 18.2 Å². The van der Waals surface area contributed by atoms with Crippen molar-refractivity contribution in [3.05, 3.63) is 53.6 Å². The van der Waals surface area contributed by atoms with Gasteiger partial charge in [0.2, 0.25) is 12.7 Å². The van der Waals surface area contributed by atoms with Gasteiger partial charge in [0.25, 0.3) is 0 Å². The number of aryl methyl sites for hydroxylation is 1. The van der Waals surface area contributed by atoms with E-state index in [-0.39, 0.29) is 12.7 Å². The van der Waals surface area contributed by atoms with Gasteiger partial charge in [-0.3, -0.25) is 4.79 Å². The highest BCUT2D eigenvalue weighted by atomic mass is 16.7. The van der Waals surface area contributed by atoms with Crippen molar-refractivity contribution in [3.8, 4) is 17.2 Å². The van der Waals surface area contributed by atoms with Crippen LogP contribution in [0.25, 0.3) is 0 Å². The minimum atomic E-state index is -0.0460. The standard InChI is InChI=1S/C18H19NO4/c1-13-3-2-4-15(9-13)21-8-7-18(20)19-11-14-5-6-16-17(10-14)23-12-22-16/h2-6,9-10H,7-8,11-12H2,1H3,(H,19,20). The summed E-state index contributed by atoms with van der Waals surface area (Å²) in [5.74, 6) is 2.20. The van der Waals surface area contributed by atoms with Gasteiger partial charge in [0.1, 0.15) is 5.75 Å². The molecule has 2 aromatic rings. The zero-order chi connectivity index (χ0) is 16.1. The molecule has 0 unspecified atom stereocenters. The number of nitrogens with one attached hydrogen (secondary N) is 1. The lowest BCUT2D eigenvalue weighted by Gasteiger charge is -2.08. The number of amides is 1. The van der Waals surface area contributed by atoms with E-state index in [1.807, 2.05) is 49.4 Å². The number of fused-ring (bicyclic) bond motifs is 1. The summed E-state index contributed by atoms with van der Waals surface area (Å²) in [6, 6.07) is 13.4. The Hall–Kier alpha value is -2.69. The largest absolute Gasteiger partial charge is 0.493 e. The number of hydrogen-bond donors (Lipinski definition) is 1. The molecule has 0 radical (unpaired) electrons. The summed E-state index contributed by atoms with van der Waals surface area (Å²) in [7, 11) is 0. The van der Waals surface area contributed by atoms with Crippen LogP contribution in [0.5, 0.6) is 17.2 Å². The molecule has 1 amide bonds. The fourth-order valence-corrected chi connectivity index (χ4v) is 2.31. The van der Waals surface area contributed by atoms with Crippen LogP contribution in [0.15, 0.2) is 42.5 Å². The molecular formula is C18H19NO4. The van der Waals surface area contributed by atoms with Gasteiger partial charge < -0.3 is 19.5 Å². The Kier molecular flexibility index (Phi) is 4.66. The van der Waals surface area contributed by atoms with E-state index in [1.54, 1.807) is 0 Å². The van der Waals surface area contributed by atoms with E-state index in [9.17, 15) is 4.79 Å². The normalized spacial score (nSPS) is 12.0. The molecule has 5 heteroatoms. The second kappa shape index (κ2) is 7.05. The number of benzene rings is 2. The Balaban J connectivity index is 1.41. The monoisotopic (exact) mass is 313 g/mol. The summed E-state index contributed by atoms with van der Waals surface area (Å²) in [6.45, 7) is 3.07. The molecule has 0 aliphatic carbocycles. The Morgan fingerprint density at radius 2 is 2.04 bits per heavy atom. The number of carbonyl (C=O) groups is 1. The molecule has 0 aromatic heterocycles. The molecule has 120 valence electrons. The number of carbonyl (C=O) groups excluding carboxylic acids is 1. The Bertz CT molecular complexity index is 699. The van der Waals surface area contributed by atoms with Crippen molar-refractivity contribution in [2.24, 2.45) is 0 Å². The van der Waals surface area contributed by atoms with Gasteiger partial charge in [-0.15, -0.1) is 0 Å². The first-order valence-corrected chi connectivity index (χ1v) is 7.55. The maximum absolute atomic E-state index is 11.9. The average molecular weight is 313 g/mol. The van der Waals surface area contributed by atoms with Crippen LogP contribution in [0, 0.1) is 6.92 Å². The summed E-state index contributed by atoms with van der Waals surface area (Å²) < 4.78 is 16.1. The minimum absolute atomic E-state index is 0.0460. The summed E-state index contributed by atoms with van der Waals surface area (Å²) in [6.07, 6.45) is 0.318. The highest BCUT2D eigenvalue weighted by Gasteiger charge is 2.13. The van der Waals surface area contributed by atoms with Gasteiger partial charge in [-0.05, 0) is 42.3 Å². The van der Waals surface area contributed by atoms with Gasteiger partial charge in [-0.2, -0.15) is 0 Å². The minimum Gasteiger partial charge on any atom is -0.493 e. The molecule has 0 spiro atoms. The Morgan fingerprint density at radius 3 is 2.91 bits per heavy atom. The average Bonchev–Trinajstić information content (AvgIpc) is 3.00. The third-order valence-electron chi connectivity index (χ3n) is 3.51. The van der Waals surface area contributed by atoms with E-state index in [1.165, 1.54) is 0 Å². The van der Waals surface area contributed by atoms with Crippen molar-refractivity contribution in [1.82, 2.24) is 5.32 Å². The van der Waals surface area contributed by atoms with Crippen LogP contribution in [-0.2, 0) is 11.3 Å². The van der Waals surface area contributed by atoms with Crippen LogP contribution in [0.4, 0.5) is 0 Å². The van der Waals surface area contributed by atoms with Crippen molar-refractivity contribution in [3.63, 3.8) is 0 Å². The molecule has 1 N–H and O–H groups in total. The number of rotatable bonds is 6. The van der Waals surface area contributed by atoms with Crippen LogP contribution in [0.3, 0.4) is 0 Å². The number of ether oxygens (including phenoxy) is 3. The van der Waals surface area contributed by atoms with E-state index < -0.39 is 0 Å². The molecule has 3 rings (SSSR count). The topological polar surface area (TPSA) is 56.8 Å². The van der Waals surface area contributed by atoms with Gasteiger partial charge in [0.15, 0.2) is 11.5 Å². The molecular weight excluding hydrogens is 294 g/mol. The highest BCUT2D eigenvalue weighted by Crippen LogP contribution is 2.32. The van der Waals surface area contributed by atoms with E-state index in [4.69, 9.17) is 14.2 Å². The fraction of sp³-hybridized carbons (Fsp3) is 0.278. The predicted octanol–water partition coefficient (Wildman–Crippen LogP) is 2.81. The molecule has 0 atom stereocenters. The van der Waals surface area contributed by atoms with Crippen LogP contribution >= 0.6 is 0 Å². The molecule has 1 aliphatic rings. The molecule has 0 saturated carbocycles. The molecule has 2 aromatic carbocycles. The molecule has 0 bridgehead atoms. The van der Waals surface area contributed by atoms with Crippen LogP contribution in [-0.4, -0.2) is 19.3 Å². The van der Waals surface area contributed by atoms with E-state index in [0.717, 1.165) is 28.4 Å². The van der Waals surface area contributed by atoms with Crippen LogP contribution in [0.1, 0.15) is 17.5 Å². The summed E-state index contributed by atoms with van der Waals surface area (Å²) in [5, 5.41) is 2.87. The SMILES string of the molecule is Cc1cccc(OCCC(=O)NCc2ccc3c(c2)OCO3)c1. The first-order chi connectivity index (χ1) is 11.2. The highest BCUT2D eigenvalue weighted by molar-refractivity contribution is 5.76. The van der Waals surface area contributed by atoms with Gasteiger partial charge in [0, 0.05) is 6.54 Å². The lowest BCUT2D eigenvalue weighted by molar-refractivity contribution is -0.121. The van der Waals surface area contributed by atoms with Crippen molar-refractivity contribution in [2.75, 3.05) is 13.4 Å². The van der Waals surface area contributed by atoms with E-state index >= 15 is 0 Å². The molecule has 23 heavy (non-hydrogen) atoms. The van der Waals surface area contributed by atoms with E-state index in [0.29, 0.717) is 19.6 Å². The van der Waals surface area contributed by atoms with Crippen LogP contribution < -0.4 is 19.5 Å². The van der Waals surface area contributed by atoms with Crippen molar-refractivity contribution in [1.29, 1.82) is 0 Å². The van der Waals surface area contributed by atoms with Gasteiger partial charge in [-0.25, -0.2) is 0 Å². The summed E-state index contributed by atoms with van der Waals surface area (Å²) in [5.41, 5.74) is 2.11. The maximum atomic E-state index is 11.9. The molecule has 0 fully saturated rings. The first-order valence-electron chi connectivity index (χ1n) is 7.55. The summed E-state index contributed by atoms with van der Waals surface area (Å²) >= 11 is 0. The Labute approximate surface area is 135 Å².